The van der Waals surface area contributed by atoms with E-state index in [9.17, 15) is 14.7 Å². The number of likely N-dealkylation sites (tertiary alicyclic amines) is 1. The van der Waals surface area contributed by atoms with E-state index in [0.717, 1.165) is 24.9 Å². The average molecular weight is 438 g/mol. The average Bonchev–Trinajstić information content (AvgIpc) is 3.19. The van der Waals surface area contributed by atoms with Gasteiger partial charge in [0.25, 0.3) is 5.91 Å². The number of hydrogen-bond acceptors (Lipinski definition) is 5. The fourth-order valence-electron chi connectivity index (χ4n) is 4.59. The van der Waals surface area contributed by atoms with Gasteiger partial charge in [0.1, 0.15) is 11.8 Å². The van der Waals surface area contributed by atoms with Gasteiger partial charge in [0.15, 0.2) is 0 Å². The third-order valence-electron chi connectivity index (χ3n) is 6.20. The molecule has 1 saturated heterocycles. The molecule has 32 heavy (non-hydrogen) atoms. The van der Waals surface area contributed by atoms with Gasteiger partial charge in [-0.25, -0.2) is 0 Å². The van der Waals surface area contributed by atoms with E-state index in [2.05, 4.69) is 29.4 Å². The number of amides is 2. The van der Waals surface area contributed by atoms with Crippen LogP contribution in [0.25, 0.3) is 0 Å². The maximum atomic E-state index is 13.1. The summed E-state index contributed by atoms with van der Waals surface area (Å²) in [5.74, 6) is 0.0860. The normalized spacial score (nSPS) is 20.1. The molecule has 0 spiro atoms. The second-order valence-electron chi connectivity index (χ2n) is 8.53. The number of carbonyl (C=O) groups excluding carboxylic acids is 2. The van der Waals surface area contributed by atoms with Crippen LogP contribution in [0.1, 0.15) is 41.3 Å². The maximum Gasteiger partial charge on any atom is 0.254 e. The molecule has 0 saturated carbocycles. The number of nitrogens with zero attached hydrogens (tertiary/aromatic N) is 2. The summed E-state index contributed by atoms with van der Waals surface area (Å²) < 4.78 is 5.49. The molecular formula is C25H31N3O4. The van der Waals surface area contributed by atoms with Crippen molar-refractivity contribution in [3.63, 3.8) is 0 Å². The number of benzene rings is 2. The summed E-state index contributed by atoms with van der Waals surface area (Å²) in [6, 6.07) is 12.5. The third-order valence-corrected chi connectivity index (χ3v) is 6.20. The Kier molecular flexibility index (Phi) is 6.65. The Morgan fingerprint density at radius 2 is 2.06 bits per heavy atom. The Morgan fingerprint density at radius 1 is 1.22 bits per heavy atom. The van der Waals surface area contributed by atoms with Gasteiger partial charge in [-0.3, -0.25) is 9.59 Å². The van der Waals surface area contributed by atoms with Crippen LogP contribution in [0.15, 0.2) is 42.5 Å². The Morgan fingerprint density at radius 3 is 2.88 bits per heavy atom. The SMILES string of the molecule is CCOc1cccc(C(=O)N2C[C@H](O)C[C@H]2C(=O)NCc2ccc3c(c2)CCCN3C)c1. The number of rotatable bonds is 6. The molecule has 4 rings (SSSR count). The summed E-state index contributed by atoms with van der Waals surface area (Å²) in [4.78, 5) is 29.8. The fraction of sp³-hybridized carbons (Fsp3) is 0.440. The molecule has 7 nitrogen and oxygen atoms in total. The van der Waals surface area contributed by atoms with Crippen LogP contribution in [-0.4, -0.2) is 60.7 Å². The Bertz CT molecular complexity index is 993. The van der Waals surface area contributed by atoms with Gasteiger partial charge >= 0.3 is 0 Å². The molecule has 2 aliphatic heterocycles. The molecule has 2 aromatic rings. The van der Waals surface area contributed by atoms with Crippen LogP contribution in [-0.2, 0) is 17.8 Å². The Hall–Kier alpha value is -3.06. The summed E-state index contributed by atoms with van der Waals surface area (Å²) >= 11 is 0. The summed E-state index contributed by atoms with van der Waals surface area (Å²) in [5, 5.41) is 13.2. The first-order valence-corrected chi connectivity index (χ1v) is 11.3. The smallest absolute Gasteiger partial charge is 0.254 e. The van der Waals surface area contributed by atoms with Crippen LogP contribution in [0.5, 0.6) is 5.75 Å². The summed E-state index contributed by atoms with van der Waals surface area (Å²) in [6.45, 7) is 3.98. The van der Waals surface area contributed by atoms with Crippen LogP contribution >= 0.6 is 0 Å². The van der Waals surface area contributed by atoms with Gasteiger partial charge in [-0.15, -0.1) is 0 Å². The molecular weight excluding hydrogens is 406 g/mol. The standard InChI is InChI=1S/C25H31N3O4/c1-3-32-21-8-4-6-19(13-21)25(31)28-16-20(29)14-23(28)24(30)26-15-17-9-10-22-18(12-17)7-5-11-27(22)2/h4,6,8-10,12-13,20,23,29H,3,5,7,11,14-16H2,1-2H3,(H,26,30)/t20-,23+/m1/s1. The van der Waals surface area contributed by atoms with Gasteiger partial charge in [0, 0.05) is 44.4 Å². The minimum absolute atomic E-state index is 0.140. The van der Waals surface area contributed by atoms with E-state index in [1.165, 1.54) is 16.2 Å². The highest BCUT2D eigenvalue weighted by molar-refractivity contribution is 5.98. The molecule has 0 radical (unpaired) electrons. The van der Waals surface area contributed by atoms with Crippen LogP contribution in [0.4, 0.5) is 5.69 Å². The fourth-order valence-corrected chi connectivity index (χ4v) is 4.59. The zero-order valence-corrected chi connectivity index (χ0v) is 18.7. The number of ether oxygens (including phenoxy) is 1. The Labute approximate surface area is 189 Å². The highest BCUT2D eigenvalue weighted by Gasteiger charge is 2.39. The van der Waals surface area contributed by atoms with E-state index in [4.69, 9.17) is 4.74 Å². The second kappa shape index (κ2) is 9.61. The first-order valence-electron chi connectivity index (χ1n) is 11.3. The molecule has 0 bridgehead atoms. The molecule has 2 N–H and O–H groups in total. The number of aryl methyl sites for hydroxylation is 1. The number of carbonyl (C=O) groups is 2. The molecule has 7 heteroatoms. The van der Waals surface area contributed by atoms with Gasteiger partial charge in [-0.1, -0.05) is 18.2 Å². The first-order chi connectivity index (χ1) is 15.5. The largest absolute Gasteiger partial charge is 0.494 e. The number of anilines is 1. The van der Waals surface area contributed by atoms with Crippen LogP contribution < -0.4 is 15.0 Å². The molecule has 2 atom stereocenters. The topological polar surface area (TPSA) is 82.1 Å². The molecule has 0 aliphatic carbocycles. The number of aliphatic hydroxyl groups excluding tert-OH is 1. The van der Waals surface area contributed by atoms with E-state index in [1.54, 1.807) is 24.3 Å². The first kappa shape index (κ1) is 22.1. The maximum absolute atomic E-state index is 13.1. The molecule has 0 unspecified atom stereocenters. The zero-order chi connectivity index (χ0) is 22.7. The van der Waals surface area contributed by atoms with Gasteiger partial charge < -0.3 is 25.0 Å². The summed E-state index contributed by atoms with van der Waals surface area (Å²) in [6.07, 6.45) is 1.68. The van der Waals surface area contributed by atoms with Gasteiger partial charge in [0.2, 0.25) is 5.91 Å². The third kappa shape index (κ3) is 4.72. The van der Waals surface area contributed by atoms with E-state index < -0.39 is 12.1 Å². The molecule has 170 valence electrons. The van der Waals surface area contributed by atoms with Crippen LogP contribution in [0.2, 0.25) is 0 Å². The zero-order valence-electron chi connectivity index (χ0n) is 18.7. The van der Waals surface area contributed by atoms with Crippen LogP contribution in [0.3, 0.4) is 0 Å². The summed E-state index contributed by atoms with van der Waals surface area (Å²) in [7, 11) is 2.10. The van der Waals surface area contributed by atoms with Crippen molar-refractivity contribution in [2.75, 3.05) is 31.6 Å². The highest BCUT2D eigenvalue weighted by atomic mass is 16.5. The molecule has 2 aliphatic rings. The lowest BCUT2D eigenvalue weighted by molar-refractivity contribution is -0.125. The minimum Gasteiger partial charge on any atom is -0.494 e. The lowest BCUT2D eigenvalue weighted by Crippen LogP contribution is -2.45. The Balaban J connectivity index is 1.43. The lowest BCUT2D eigenvalue weighted by atomic mass is 9.99. The van der Waals surface area contributed by atoms with Crippen molar-refractivity contribution in [1.82, 2.24) is 10.2 Å². The predicted octanol–water partition coefficient (Wildman–Crippen LogP) is 2.36. The van der Waals surface area contributed by atoms with Gasteiger partial charge in [-0.2, -0.15) is 0 Å². The molecule has 0 aromatic heterocycles. The van der Waals surface area contributed by atoms with Crippen molar-refractivity contribution in [2.45, 2.75) is 44.9 Å². The molecule has 2 heterocycles. The van der Waals surface area contributed by atoms with Crippen molar-refractivity contribution in [2.24, 2.45) is 0 Å². The van der Waals surface area contributed by atoms with E-state index in [-0.39, 0.29) is 24.8 Å². The van der Waals surface area contributed by atoms with Crippen molar-refractivity contribution in [1.29, 1.82) is 0 Å². The van der Waals surface area contributed by atoms with Gasteiger partial charge in [0.05, 0.1) is 12.7 Å². The molecule has 2 amide bonds. The number of aliphatic hydroxyl groups is 1. The highest BCUT2D eigenvalue weighted by Crippen LogP contribution is 2.27. The summed E-state index contributed by atoms with van der Waals surface area (Å²) in [5.41, 5.74) is 4.03. The monoisotopic (exact) mass is 437 g/mol. The second-order valence-corrected chi connectivity index (χ2v) is 8.53. The van der Waals surface area contributed by atoms with E-state index in [0.29, 0.717) is 24.5 Å². The molecule has 1 fully saturated rings. The van der Waals surface area contributed by atoms with Gasteiger partial charge in [-0.05, 0) is 55.2 Å². The number of nitrogens with one attached hydrogen (secondary N) is 1. The minimum atomic E-state index is -0.718. The number of β-amino-alcohol motifs (C(OH)–C–C–N with tert-alkyl or cyclic N) is 1. The quantitative estimate of drug-likeness (QED) is 0.725. The van der Waals surface area contributed by atoms with Crippen molar-refractivity contribution >= 4 is 17.5 Å². The van der Waals surface area contributed by atoms with E-state index >= 15 is 0 Å². The number of fused-ring (bicyclic) bond motifs is 1. The van der Waals surface area contributed by atoms with Crippen molar-refractivity contribution < 1.29 is 19.4 Å². The van der Waals surface area contributed by atoms with Crippen LogP contribution in [0, 0.1) is 0 Å². The predicted molar refractivity (Wildman–Crippen MR) is 123 cm³/mol. The van der Waals surface area contributed by atoms with Crippen molar-refractivity contribution in [3.05, 3.63) is 59.2 Å². The molecule has 2 aromatic carbocycles. The lowest BCUT2D eigenvalue weighted by Gasteiger charge is -2.28. The number of hydrogen-bond donors (Lipinski definition) is 2. The van der Waals surface area contributed by atoms with E-state index in [1.807, 2.05) is 13.0 Å². The van der Waals surface area contributed by atoms with Crippen molar-refractivity contribution in [3.8, 4) is 5.75 Å².